The molecule has 1 aliphatic rings. The molecule has 0 aliphatic carbocycles. The van der Waals surface area contributed by atoms with Crippen LogP contribution in [0, 0.1) is 0 Å². The van der Waals surface area contributed by atoms with Crippen LogP contribution >= 0.6 is 0 Å². The van der Waals surface area contributed by atoms with Gasteiger partial charge in [-0.15, -0.1) is 0 Å². The van der Waals surface area contributed by atoms with E-state index < -0.39 is 12.1 Å². The minimum atomic E-state index is -0.605. The Bertz CT molecular complexity index is 1170. The van der Waals surface area contributed by atoms with Crippen LogP contribution in [0.15, 0.2) is 0 Å². The van der Waals surface area contributed by atoms with Crippen molar-refractivity contribution in [2.24, 2.45) is 0 Å². The summed E-state index contributed by atoms with van der Waals surface area (Å²) in [5.41, 5.74) is 0. The minimum Gasteiger partial charge on any atom is -0.464 e. The van der Waals surface area contributed by atoms with Gasteiger partial charge in [-0.2, -0.15) is 0 Å². The van der Waals surface area contributed by atoms with E-state index in [4.69, 9.17) is 18.9 Å². The summed E-state index contributed by atoms with van der Waals surface area (Å²) >= 11 is 0. The van der Waals surface area contributed by atoms with Crippen molar-refractivity contribution in [1.82, 2.24) is 20.4 Å². The van der Waals surface area contributed by atoms with Gasteiger partial charge in [0, 0.05) is 51.9 Å². The van der Waals surface area contributed by atoms with Gasteiger partial charge >= 0.3 is 23.9 Å². The smallest absolute Gasteiger partial charge is 0.305 e. The van der Waals surface area contributed by atoms with E-state index in [0.29, 0.717) is 90.6 Å². The Kier molecular flexibility index (Phi) is 43.3. The zero-order chi connectivity index (χ0) is 51.1. The summed E-state index contributed by atoms with van der Waals surface area (Å²) < 4.78 is 22.3. The van der Waals surface area contributed by atoms with E-state index >= 15 is 0 Å². The van der Waals surface area contributed by atoms with E-state index in [1.807, 2.05) is 0 Å². The average molecular weight is 993 g/mol. The maximum atomic E-state index is 13.2. The third-order valence-electron chi connectivity index (χ3n) is 13.3. The van der Waals surface area contributed by atoms with Crippen LogP contribution in [0.25, 0.3) is 0 Å². The highest BCUT2D eigenvalue weighted by Crippen LogP contribution is 2.14. The molecule has 2 N–H and O–H groups in total. The molecule has 0 bridgehead atoms. The van der Waals surface area contributed by atoms with Gasteiger partial charge < -0.3 is 29.6 Å². The lowest BCUT2D eigenvalue weighted by molar-refractivity contribution is -0.146. The van der Waals surface area contributed by atoms with Crippen molar-refractivity contribution in [2.75, 3.05) is 65.7 Å². The van der Waals surface area contributed by atoms with Crippen LogP contribution in [-0.2, 0) is 47.7 Å². The van der Waals surface area contributed by atoms with E-state index in [1.165, 1.54) is 77.0 Å². The second-order valence-electron chi connectivity index (χ2n) is 19.8. The number of esters is 4. The van der Waals surface area contributed by atoms with Crippen LogP contribution in [0.1, 0.15) is 246 Å². The number of nitrogens with zero attached hydrogens (tertiary/aromatic N) is 2. The molecule has 0 aromatic carbocycles. The highest BCUT2D eigenvalue weighted by Gasteiger charge is 2.32. The first-order chi connectivity index (χ1) is 34.1. The molecule has 0 aromatic rings. The molecule has 70 heavy (non-hydrogen) atoms. The second-order valence-corrected chi connectivity index (χ2v) is 19.8. The van der Waals surface area contributed by atoms with Gasteiger partial charge in [-0.05, 0) is 77.3 Å². The van der Waals surface area contributed by atoms with Gasteiger partial charge in [-0.3, -0.25) is 38.6 Å². The predicted octanol–water partition coefficient (Wildman–Crippen LogP) is 11.1. The monoisotopic (exact) mass is 993 g/mol. The van der Waals surface area contributed by atoms with Crippen molar-refractivity contribution in [1.29, 1.82) is 0 Å². The van der Waals surface area contributed by atoms with Crippen molar-refractivity contribution >= 4 is 35.7 Å². The van der Waals surface area contributed by atoms with Crippen LogP contribution in [0.4, 0.5) is 0 Å². The molecule has 1 aliphatic heterocycles. The van der Waals surface area contributed by atoms with Crippen LogP contribution in [-0.4, -0.2) is 123 Å². The van der Waals surface area contributed by atoms with Crippen LogP contribution in [0.2, 0.25) is 0 Å². The van der Waals surface area contributed by atoms with E-state index in [0.717, 1.165) is 89.9 Å². The largest absolute Gasteiger partial charge is 0.464 e. The highest BCUT2D eigenvalue weighted by molar-refractivity contribution is 5.96. The normalized spacial score (nSPS) is 14.7. The first kappa shape index (κ1) is 64.8. The number of nitrogens with one attached hydrogen (secondary N) is 2. The van der Waals surface area contributed by atoms with Crippen molar-refractivity contribution < 1.29 is 47.7 Å². The summed E-state index contributed by atoms with van der Waals surface area (Å²) in [6, 6.07) is -1.21. The molecule has 1 saturated heterocycles. The molecule has 1 rings (SSSR count). The molecule has 0 radical (unpaired) electrons. The molecule has 14 nitrogen and oxygen atoms in total. The fourth-order valence-corrected chi connectivity index (χ4v) is 8.76. The first-order valence-electron chi connectivity index (χ1n) is 28.8. The molecular formula is C56H104N4O10. The number of carbonyl (C=O) groups excluding carboxylic acids is 6. The Morgan fingerprint density at radius 1 is 0.343 bits per heavy atom. The maximum Gasteiger partial charge on any atom is 0.305 e. The molecule has 14 heteroatoms. The lowest BCUT2D eigenvalue weighted by Crippen LogP contribution is -2.61. The molecule has 2 amide bonds. The molecule has 1 fully saturated rings. The Labute approximate surface area is 426 Å². The van der Waals surface area contributed by atoms with Crippen LogP contribution in [0.3, 0.4) is 0 Å². The highest BCUT2D eigenvalue weighted by atomic mass is 16.5. The van der Waals surface area contributed by atoms with Gasteiger partial charge in [0.1, 0.15) is 38.5 Å². The molecule has 0 aromatic heterocycles. The lowest BCUT2D eigenvalue weighted by Gasteiger charge is -2.30. The van der Waals surface area contributed by atoms with Crippen molar-refractivity contribution in [2.45, 2.75) is 258 Å². The topological polar surface area (TPSA) is 170 Å². The molecular weight excluding hydrogens is 889 g/mol. The fourth-order valence-electron chi connectivity index (χ4n) is 8.76. The van der Waals surface area contributed by atoms with E-state index in [-0.39, 0.29) is 62.1 Å². The predicted molar refractivity (Wildman–Crippen MR) is 280 cm³/mol. The Morgan fingerprint density at radius 2 is 0.586 bits per heavy atom. The number of hydrogen-bond donors (Lipinski definition) is 2. The van der Waals surface area contributed by atoms with Gasteiger partial charge in [-0.1, -0.05) is 156 Å². The SMILES string of the molecule is CCCCCCCCC(=O)OCCN(CCCCC1NC(=O)C(CCCCN(CCOC(=O)CCCCCCCC)CCOC(=O)CCCCCCCC)NC1=O)CCOC(=O)CCCCCCCC. The standard InChI is InChI=1S/C56H104N4O10/c1-5-9-13-17-21-25-35-51(61)67-45-41-59(42-46-68-52(62)36-26-22-18-14-10-6-2)39-31-29-33-49-55(65)58-50(56(66)57-49)34-30-32-40-60(43-47-69-53(63)37-27-23-19-15-11-7-3)44-48-70-54(64)38-28-24-20-16-12-8-4/h49-50H,5-48H2,1-4H3,(H,57,66)(H,58,65). The third kappa shape index (κ3) is 38.4. The summed E-state index contributed by atoms with van der Waals surface area (Å²) in [6.07, 6.45) is 32.2. The number of ether oxygens (including phenoxy) is 4. The molecule has 1 heterocycles. The summed E-state index contributed by atoms with van der Waals surface area (Å²) in [5.74, 6) is -1.07. The Hall–Kier alpha value is -3.26. The van der Waals surface area contributed by atoms with E-state index in [9.17, 15) is 28.8 Å². The van der Waals surface area contributed by atoms with Gasteiger partial charge in [0.2, 0.25) is 11.8 Å². The second kappa shape index (κ2) is 46.8. The number of piperazine rings is 1. The number of rotatable bonds is 50. The minimum absolute atomic E-state index is 0.178. The Balaban J connectivity index is 2.57. The summed E-state index contributed by atoms with van der Waals surface area (Å²) in [7, 11) is 0. The van der Waals surface area contributed by atoms with Gasteiger partial charge in [0.05, 0.1) is 0 Å². The number of hydrogen-bond acceptors (Lipinski definition) is 12. The maximum absolute atomic E-state index is 13.2. The summed E-state index contributed by atoms with van der Waals surface area (Å²) in [6.45, 7) is 13.3. The number of unbranched alkanes of at least 4 members (excludes halogenated alkanes) is 22. The molecule has 2 unspecified atom stereocenters. The average Bonchev–Trinajstić information content (AvgIpc) is 3.34. The summed E-state index contributed by atoms with van der Waals surface area (Å²) in [4.78, 5) is 80.3. The van der Waals surface area contributed by atoms with Gasteiger partial charge in [0.15, 0.2) is 0 Å². The van der Waals surface area contributed by atoms with Crippen LogP contribution in [0.5, 0.6) is 0 Å². The molecule has 2 atom stereocenters. The fraction of sp³-hybridized carbons (Fsp3) is 0.893. The van der Waals surface area contributed by atoms with Gasteiger partial charge in [0.25, 0.3) is 0 Å². The van der Waals surface area contributed by atoms with E-state index in [2.05, 4.69) is 48.1 Å². The molecule has 0 spiro atoms. The Morgan fingerprint density at radius 3 is 0.843 bits per heavy atom. The number of carbonyl (C=O) groups is 6. The molecule has 408 valence electrons. The number of amides is 2. The molecule has 0 saturated carbocycles. The zero-order valence-corrected chi connectivity index (χ0v) is 45.2. The zero-order valence-electron chi connectivity index (χ0n) is 45.2. The van der Waals surface area contributed by atoms with Crippen LogP contribution < -0.4 is 10.6 Å². The van der Waals surface area contributed by atoms with Gasteiger partial charge in [-0.25, -0.2) is 0 Å². The first-order valence-corrected chi connectivity index (χ1v) is 28.8. The lowest BCUT2D eigenvalue weighted by atomic mass is 10.0. The third-order valence-corrected chi connectivity index (χ3v) is 13.3. The van der Waals surface area contributed by atoms with Crippen molar-refractivity contribution in [3.63, 3.8) is 0 Å². The summed E-state index contributed by atoms with van der Waals surface area (Å²) in [5, 5.41) is 5.91. The van der Waals surface area contributed by atoms with Crippen molar-refractivity contribution in [3.8, 4) is 0 Å². The van der Waals surface area contributed by atoms with Crippen molar-refractivity contribution in [3.05, 3.63) is 0 Å². The quantitative estimate of drug-likeness (QED) is 0.0336. The van der Waals surface area contributed by atoms with E-state index in [1.54, 1.807) is 0 Å².